The Morgan fingerprint density at radius 2 is 1.84 bits per heavy atom. The van der Waals surface area contributed by atoms with E-state index in [-0.39, 0.29) is 51.2 Å². The number of hydrogen-bond acceptors (Lipinski definition) is 8. The van der Waals surface area contributed by atoms with Crippen molar-refractivity contribution in [3.63, 3.8) is 0 Å². The molecule has 1 saturated heterocycles. The summed E-state index contributed by atoms with van der Waals surface area (Å²) in [6, 6.07) is 0.134. The fourth-order valence-corrected chi connectivity index (χ4v) is 12.8. The second-order valence-corrected chi connectivity index (χ2v) is 18.8. The van der Waals surface area contributed by atoms with Crippen molar-refractivity contribution < 1.29 is 19.4 Å². The topological polar surface area (TPSA) is 129 Å². The van der Waals surface area contributed by atoms with E-state index >= 15 is 0 Å². The first-order valence-electron chi connectivity index (χ1n) is 19.3. The van der Waals surface area contributed by atoms with Crippen LogP contribution in [0, 0.1) is 62.6 Å². The second-order valence-electron chi connectivity index (χ2n) is 18.8. The standard InChI is InChI=1S/C39H66N6O4/c1-12-24(4)29(44(10)11)20-49-32-28(45-42-34(40)41-43-45)19-39-22-48-21-36(32,7)30(39)14-13-26-27(39)15-16-38(9)31(33(46)47)35(6,25(5)23(2)3)17-18-37(26,38)8/h15,23-26,28-32H,12-14,16-22H2,1-11H3,(H2,40,42)(H,46,47)/t24-,25+,26-,28+,29+,30-,31+,32-,35+,36+,37+,38-,39-/m0/s1. The zero-order valence-corrected chi connectivity index (χ0v) is 32.3. The van der Waals surface area contributed by atoms with Crippen LogP contribution in [-0.2, 0) is 14.3 Å². The molecule has 0 radical (unpaired) electrons. The maximum Gasteiger partial charge on any atom is 0.307 e. The van der Waals surface area contributed by atoms with Gasteiger partial charge in [0.25, 0.3) is 5.95 Å². The van der Waals surface area contributed by atoms with Crippen molar-refractivity contribution in [2.45, 2.75) is 125 Å². The smallest absolute Gasteiger partial charge is 0.307 e. The number of fused-ring (bicyclic) bond motifs is 3. The van der Waals surface area contributed by atoms with E-state index in [2.05, 4.69) is 103 Å². The molecule has 276 valence electrons. The van der Waals surface area contributed by atoms with Crippen molar-refractivity contribution in [3.05, 3.63) is 11.6 Å². The molecule has 0 unspecified atom stereocenters. The van der Waals surface area contributed by atoms with Crippen molar-refractivity contribution in [3.8, 4) is 0 Å². The van der Waals surface area contributed by atoms with Crippen LogP contribution in [0.25, 0.3) is 0 Å². The number of ether oxygens (including phenoxy) is 2. The number of allylic oxidation sites excluding steroid dienone is 1. The number of nitrogens with zero attached hydrogens (tertiary/aromatic N) is 5. The molecule has 0 amide bonds. The molecule has 10 nitrogen and oxygen atoms in total. The average Bonchev–Trinajstić information content (AvgIpc) is 3.47. The molecular formula is C39H66N6O4. The number of anilines is 1. The Hall–Kier alpha value is -2.04. The van der Waals surface area contributed by atoms with Crippen LogP contribution in [0.4, 0.5) is 5.95 Å². The summed E-state index contributed by atoms with van der Waals surface area (Å²) in [5.41, 5.74) is 6.36. The summed E-state index contributed by atoms with van der Waals surface area (Å²) in [6.07, 6.45) is 9.11. The largest absolute Gasteiger partial charge is 0.481 e. The monoisotopic (exact) mass is 683 g/mol. The zero-order valence-electron chi connectivity index (χ0n) is 32.3. The summed E-state index contributed by atoms with van der Waals surface area (Å²) in [7, 11) is 4.29. The minimum absolute atomic E-state index is 0.141. The molecule has 4 fully saturated rings. The highest BCUT2D eigenvalue weighted by Crippen LogP contribution is 2.75. The highest BCUT2D eigenvalue weighted by molar-refractivity contribution is 5.73. The maximum absolute atomic E-state index is 13.5. The fraction of sp³-hybridized carbons (Fsp3) is 0.897. The second kappa shape index (κ2) is 12.6. The van der Waals surface area contributed by atoms with Gasteiger partial charge in [0.1, 0.15) is 6.04 Å². The normalized spacial score (nSPS) is 43.6. The number of carboxylic acids is 1. The van der Waals surface area contributed by atoms with Gasteiger partial charge in [-0.1, -0.05) is 85.5 Å². The molecule has 6 rings (SSSR count). The van der Waals surface area contributed by atoms with E-state index in [0.29, 0.717) is 49.4 Å². The lowest BCUT2D eigenvalue weighted by molar-refractivity contribution is -0.253. The van der Waals surface area contributed by atoms with Gasteiger partial charge in [0.15, 0.2) is 0 Å². The van der Waals surface area contributed by atoms with Crippen LogP contribution in [-0.4, -0.2) is 82.2 Å². The number of aliphatic carboxylic acids is 1. The molecule has 4 aliphatic carbocycles. The molecule has 13 atom stereocenters. The van der Waals surface area contributed by atoms with Crippen molar-refractivity contribution in [1.82, 2.24) is 25.1 Å². The number of aromatic nitrogens is 4. The summed E-state index contributed by atoms with van der Waals surface area (Å²) in [4.78, 5) is 17.5. The van der Waals surface area contributed by atoms with Crippen molar-refractivity contribution in [2.75, 3.05) is 39.6 Å². The van der Waals surface area contributed by atoms with Crippen LogP contribution in [0.5, 0.6) is 0 Å². The number of likely N-dealkylation sites (N-methyl/N-ethyl adjacent to an activating group) is 1. The quantitative estimate of drug-likeness (QED) is 0.258. The van der Waals surface area contributed by atoms with Crippen molar-refractivity contribution >= 4 is 11.9 Å². The Labute approximate surface area is 295 Å². The van der Waals surface area contributed by atoms with E-state index in [4.69, 9.17) is 15.2 Å². The van der Waals surface area contributed by atoms with Gasteiger partial charge in [-0.15, -0.1) is 5.10 Å². The number of rotatable bonds is 10. The van der Waals surface area contributed by atoms with Gasteiger partial charge < -0.3 is 25.2 Å². The Morgan fingerprint density at radius 1 is 1.12 bits per heavy atom. The molecule has 10 heteroatoms. The molecule has 3 N–H and O–H groups in total. The van der Waals surface area contributed by atoms with Crippen LogP contribution >= 0.6 is 0 Å². The zero-order chi connectivity index (χ0) is 35.9. The third-order valence-electron chi connectivity index (χ3n) is 16.2. The van der Waals surface area contributed by atoms with Crippen LogP contribution in [0.2, 0.25) is 0 Å². The fourth-order valence-electron chi connectivity index (χ4n) is 12.8. The Morgan fingerprint density at radius 3 is 2.43 bits per heavy atom. The van der Waals surface area contributed by atoms with E-state index in [1.807, 2.05) is 0 Å². The van der Waals surface area contributed by atoms with E-state index < -0.39 is 11.9 Å². The number of nitrogen functional groups attached to an aromatic ring is 1. The van der Waals surface area contributed by atoms with Gasteiger partial charge >= 0.3 is 5.97 Å². The summed E-state index contributed by atoms with van der Waals surface area (Å²) in [6.45, 7) is 22.7. The third-order valence-corrected chi connectivity index (χ3v) is 16.2. The first-order valence-corrected chi connectivity index (χ1v) is 19.3. The Balaban J connectivity index is 1.43. The summed E-state index contributed by atoms with van der Waals surface area (Å²) in [5.74, 6) is 1.04. The number of carboxylic acid groups (broad SMARTS) is 1. The first kappa shape index (κ1) is 36.7. The van der Waals surface area contributed by atoms with Crippen molar-refractivity contribution in [2.24, 2.45) is 62.6 Å². The van der Waals surface area contributed by atoms with Gasteiger partial charge in [-0.05, 0) is 104 Å². The molecule has 0 aromatic carbocycles. The lowest BCUT2D eigenvalue weighted by atomic mass is 9.34. The maximum atomic E-state index is 13.5. The lowest BCUT2D eigenvalue weighted by Gasteiger charge is -2.71. The van der Waals surface area contributed by atoms with E-state index in [1.165, 1.54) is 5.57 Å². The van der Waals surface area contributed by atoms with Crippen LogP contribution < -0.4 is 5.73 Å². The molecule has 2 bridgehead atoms. The van der Waals surface area contributed by atoms with Crippen LogP contribution in [0.3, 0.4) is 0 Å². The van der Waals surface area contributed by atoms with Gasteiger partial charge in [0.2, 0.25) is 0 Å². The molecule has 49 heavy (non-hydrogen) atoms. The van der Waals surface area contributed by atoms with Crippen molar-refractivity contribution in [1.29, 1.82) is 0 Å². The molecule has 2 heterocycles. The lowest BCUT2D eigenvalue weighted by Crippen LogP contribution is -2.69. The molecule has 1 aliphatic heterocycles. The number of hydrogen-bond donors (Lipinski definition) is 2. The summed E-state index contributed by atoms with van der Waals surface area (Å²) < 4.78 is 13.8. The van der Waals surface area contributed by atoms with Gasteiger partial charge in [0.05, 0.1) is 31.8 Å². The van der Waals surface area contributed by atoms with E-state index in [0.717, 1.165) is 44.9 Å². The van der Waals surface area contributed by atoms with Gasteiger partial charge in [0, 0.05) is 16.9 Å². The molecular weight excluding hydrogens is 616 g/mol. The predicted molar refractivity (Wildman–Crippen MR) is 192 cm³/mol. The van der Waals surface area contributed by atoms with Gasteiger partial charge in [-0.25, -0.2) is 0 Å². The summed E-state index contributed by atoms with van der Waals surface area (Å²) in [5, 5.41) is 24.3. The van der Waals surface area contributed by atoms with Crippen LogP contribution in [0.15, 0.2) is 11.6 Å². The van der Waals surface area contributed by atoms with E-state index in [1.54, 1.807) is 4.80 Å². The molecule has 0 spiro atoms. The first-order chi connectivity index (χ1) is 22.9. The number of nitrogens with two attached hydrogens (primary N) is 1. The summed E-state index contributed by atoms with van der Waals surface area (Å²) >= 11 is 0. The highest BCUT2D eigenvalue weighted by Gasteiger charge is 2.72. The minimum atomic E-state index is -0.623. The predicted octanol–water partition coefficient (Wildman–Crippen LogP) is 6.75. The molecule has 3 saturated carbocycles. The third kappa shape index (κ3) is 5.26. The average molecular weight is 683 g/mol. The highest BCUT2D eigenvalue weighted by atomic mass is 16.5. The number of carbonyl (C=O) groups is 1. The van der Waals surface area contributed by atoms with Crippen LogP contribution in [0.1, 0.15) is 113 Å². The van der Waals surface area contributed by atoms with E-state index in [9.17, 15) is 9.90 Å². The molecule has 1 aromatic heterocycles. The Kier molecular flexibility index (Phi) is 9.43. The Bertz CT molecular complexity index is 1430. The minimum Gasteiger partial charge on any atom is -0.481 e. The molecule has 5 aliphatic rings. The molecule has 1 aromatic rings. The SMILES string of the molecule is CC[C@H](C)[C@@H](CO[C@H]1[C@H](n2nnc(N)n2)C[C@@]23COC[C@]1(C)[C@@H]2CC[C@H]1C3=CC[C@@]2(C)[C@H](C(=O)O)[C@@](C)([C@H](C)C(C)C)CC[C@]12C)N(C)C. The van der Waals surface area contributed by atoms with Gasteiger partial charge in [-0.2, -0.15) is 4.80 Å². The van der Waals surface area contributed by atoms with Gasteiger partial charge in [-0.3, -0.25) is 4.79 Å². The number of tetrazole rings is 1.